The zero-order valence-corrected chi connectivity index (χ0v) is 20.7. The Hall–Kier alpha value is -1.47. The van der Waals surface area contributed by atoms with Crippen LogP contribution in [0.4, 0.5) is 8.78 Å². The van der Waals surface area contributed by atoms with Gasteiger partial charge >= 0.3 is 0 Å². The molecule has 2 nitrogen and oxygen atoms in total. The van der Waals surface area contributed by atoms with Gasteiger partial charge in [-0.1, -0.05) is 42.4 Å². The summed E-state index contributed by atoms with van der Waals surface area (Å²) in [4.78, 5) is 2.27. The topological polar surface area (TPSA) is 27.0 Å². The Labute approximate surface area is 199 Å². The summed E-state index contributed by atoms with van der Waals surface area (Å²) in [5.74, 6) is -1.57. The summed E-state index contributed by atoms with van der Waals surface area (Å²) in [6.07, 6.45) is 17.0. The minimum Gasteiger partial charge on any atom is -0.303 e. The van der Waals surface area contributed by atoms with Crippen molar-refractivity contribution in [2.45, 2.75) is 90.4 Å². The van der Waals surface area contributed by atoms with E-state index in [1.807, 2.05) is 0 Å². The van der Waals surface area contributed by atoms with Crippen LogP contribution in [-0.2, 0) is 0 Å². The molecule has 3 aliphatic carbocycles. The van der Waals surface area contributed by atoms with Crippen LogP contribution in [0.5, 0.6) is 0 Å². The Morgan fingerprint density at radius 1 is 1.21 bits per heavy atom. The zero-order valence-electron chi connectivity index (χ0n) is 20.7. The number of nitriles is 1. The zero-order chi connectivity index (χ0) is 23.6. The summed E-state index contributed by atoms with van der Waals surface area (Å²) < 4.78 is 27.2. The number of halogens is 2. The average Bonchev–Trinajstić information content (AvgIpc) is 3.38. The summed E-state index contributed by atoms with van der Waals surface area (Å²) >= 11 is 0. The van der Waals surface area contributed by atoms with Crippen LogP contribution >= 0.6 is 0 Å². The fourth-order valence-corrected chi connectivity index (χ4v) is 7.35. The second kappa shape index (κ2) is 10.0. The van der Waals surface area contributed by atoms with E-state index in [2.05, 4.69) is 36.6 Å². The summed E-state index contributed by atoms with van der Waals surface area (Å²) in [5, 5.41) is 9.38. The molecule has 4 heteroatoms. The molecule has 0 aromatic heterocycles. The number of alkyl halides is 2. The van der Waals surface area contributed by atoms with Crippen molar-refractivity contribution in [3.63, 3.8) is 0 Å². The molecular formula is C29H42F2N2. The molecule has 182 valence electrons. The van der Waals surface area contributed by atoms with Crippen molar-refractivity contribution >= 4 is 0 Å². The molecule has 3 saturated carbocycles. The van der Waals surface area contributed by atoms with Crippen LogP contribution in [0.2, 0.25) is 0 Å². The first-order valence-electron chi connectivity index (χ1n) is 13.3. The summed E-state index contributed by atoms with van der Waals surface area (Å²) in [6.45, 7) is 10.1. The molecule has 1 saturated heterocycles. The van der Waals surface area contributed by atoms with Crippen LogP contribution in [-0.4, -0.2) is 30.5 Å². The number of nitrogens with zero attached hydrogens (tertiary/aromatic N) is 2. The van der Waals surface area contributed by atoms with E-state index in [1.54, 1.807) is 5.57 Å². The third-order valence-corrected chi connectivity index (χ3v) is 9.59. The molecule has 4 fully saturated rings. The molecule has 0 N–H and O–H groups in total. The predicted octanol–water partition coefficient (Wildman–Crippen LogP) is 7.69. The Balaban J connectivity index is 1.32. The molecule has 5 unspecified atom stereocenters. The highest BCUT2D eigenvalue weighted by Gasteiger charge is 2.48. The molecule has 1 aliphatic heterocycles. The standard InChI is InChI=1S/C29H42F2N2/c1-21-8-9-22(18-24(21)19-32)10-11-23-6-4-15-28(2)25(12-13-27(23)28)7-5-16-33-17-14-26(20-33)29(3,30)31/h10-11,24-27H,1,4-9,12-18,20H2,2-3H3/b22-10-,23-11+. The molecule has 0 aromatic rings. The van der Waals surface area contributed by atoms with Crippen molar-refractivity contribution in [2.24, 2.45) is 29.1 Å². The SMILES string of the molecule is C=C1CC/C(=C/C=C2\CCCC3(C)C(CCCN4CCC(C(C)(F)F)C4)CCC23)CC1C#N. The van der Waals surface area contributed by atoms with Crippen LogP contribution in [0.3, 0.4) is 0 Å². The maximum absolute atomic E-state index is 13.6. The summed E-state index contributed by atoms with van der Waals surface area (Å²) in [5.41, 5.74) is 4.52. The molecule has 0 bridgehead atoms. The minimum absolute atomic E-state index is 0.00896. The number of rotatable bonds is 6. The van der Waals surface area contributed by atoms with Crippen molar-refractivity contribution in [3.05, 3.63) is 35.5 Å². The minimum atomic E-state index is -2.54. The number of likely N-dealkylation sites (tertiary alicyclic amines) is 1. The Morgan fingerprint density at radius 2 is 2.03 bits per heavy atom. The normalized spacial score (nSPS) is 38.1. The monoisotopic (exact) mass is 456 g/mol. The maximum atomic E-state index is 13.6. The van der Waals surface area contributed by atoms with Gasteiger partial charge in [0.2, 0.25) is 5.92 Å². The predicted molar refractivity (Wildman–Crippen MR) is 131 cm³/mol. The van der Waals surface area contributed by atoms with Gasteiger partial charge in [0, 0.05) is 12.5 Å². The van der Waals surface area contributed by atoms with E-state index in [-0.39, 0.29) is 5.92 Å². The average molecular weight is 457 g/mol. The molecule has 4 rings (SSSR count). The largest absolute Gasteiger partial charge is 0.303 e. The van der Waals surface area contributed by atoms with Gasteiger partial charge in [0.1, 0.15) is 0 Å². The number of hydrogen-bond donors (Lipinski definition) is 0. The smallest absolute Gasteiger partial charge is 0.249 e. The molecule has 33 heavy (non-hydrogen) atoms. The maximum Gasteiger partial charge on any atom is 0.249 e. The van der Waals surface area contributed by atoms with Crippen molar-refractivity contribution < 1.29 is 8.78 Å². The van der Waals surface area contributed by atoms with Gasteiger partial charge in [0.05, 0.1) is 12.0 Å². The lowest BCUT2D eigenvalue weighted by molar-refractivity contribution is -0.0351. The number of fused-ring (bicyclic) bond motifs is 1. The van der Waals surface area contributed by atoms with Gasteiger partial charge in [-0.3, -0.25) is 0 Å². The van der Waals surface area contributed by atoms with Gasteiger partial charge in [-0.15, -0.1) is 0 Å². The lowest BCUT2D eigenvalue weighted by atomic mass is 9.62. The Kier molecular flexibility index (Phi) is 7.49. The van der Waals surface area contributed by atoms with Crippen LogP contribution in [0, 0.1) is 40.4 Å². The third kappa shape index (κ3) is 5.45. The van der Waals surface area contributed by atoms with Gasteiger partial charge in [-0.2, -0.15) is 5.26 Å². The molecule has 0 radical (unpaired) electrons. The molecule has 0 spiro atoms. The quantitative estimate of drug-likeness (QED) is 0.383. The van der Waals surface area contributed by atoms with Crippen molar-refractivity contribution in [3.8, 4) is 6.07 Å². The van der Waals surface area contributed by atoms with Crippen molar-refractivity contribution in [1.29, 1.82) is 5.26 Å². The summed E-state index contributed by atoms with van der Waals surface area (Å²) in [7, 11) is 0. The second-order valence-corrected chi connectivity index (χ2v) is 11.7. The Bertz CT molecular complexity index is 830. The molecule has 1 heterocycles. The van der Waals surface area contributed by atoms with Crippen molar-refractivity contribution in [1.82, 2.24) is 4.90 Å². The van der Waals surface area contributed by atoms with E-state index < -0.39 is 11.8 Å². The van der Waals surface area contributed by atoms with Gasteiger partial charge in [-0.25, -0.2) is 8.78 Å². The number of hydrogen-bond acceptors (Lipinski definition) is 2. The van der Waals surface area contributed by atoms with Gasteiger partial charge in [0.15, 0.2) is 0 Å². The summed E-state index contributed by atoms with van der Waals surface area (Å²) in [6, 6.07) is 2.42. The van der Waals surface area contributed by atoms with E-state index in [0.29, 0.717) is 24.3 Å². The van der Waals surface area contributed by atoms with E-state index in [0.717, 1.165) is 57.2 Å². The van der Waals surface area contributed by atoms with Gasteiger partial charge in [0.25, 0.3) is 0 Å². The van der Waals surface area contributed by atoms with Crippen LogP contribution in [0.15, 0.2) is 35.5 Å². The molecule has 5 atom stereocenters. The highest BCUT2D eigenvalue weighted by atomic mass is 19.3. The van der Waals surface area contributed by atoms with Gasteiger partial charge in [-0.05, 0) is 108 Å². The lowest BCUT2D eigenvalue weighted by Gasteiger charge is -2.42. The van der Waals surface area contributed by atoms with Crippen molar-refractivity contribution in [2.75, 3.05) is 19.6 Å². The highest BCUT2D eigenvalue weighted by Crippen LogP contribution is 2.58. The van der Waals surface area contributed by atoms with E-state index in [4.69, 9.17) is 0 Å². The molecule has 0 aromatic carbocycles. The van der Waals surface area contributed by atoms with E-state index in [1.165, 1.54) is 44.1 Å². The highest BCUT2D eigenvalue weighted by molar-refractivity contribution is 5.29. The fraction of sp³-hybridized carbons (Fsp3) is 0.759. The lowest BCUT2D eigenvalue weighted by Crippen LogP contribution is -2.34. The first-order valence-corrected chi connectivity index (χ1v) is 13.3. The van der Waals surface area contributed by atoms with Crippen LogP contribution in [0.1, 0.15) is 84.5 Å². The molecule has 0 amide bonds. The molecular weight excluding hydrogens is 414 g/mol. The first-order chi connectivity index (χ1) is 15.7. The molecule has 4 aliphatic rings. The Morgan fingerprint density at radius 3 is 2.76 bits per heavy atom. The van der Waals surface area contributed by atoms with Gasteiger partial charge < -0.3 is 4.90 Å². The van der Waals surface area contributed by atoms with E-state index >= 15 is 0 Å². The third-order valence-electron chi connectivity index (χ3n) is 9.59. The fourth-order valence-electron chi connectivity index (χ4n) is 7.35. The number of allylic oxidation sites excluding steroid dienone is 5. The second-order valence-electron chi connectivity index (χ2n) is 11.7. The van der Waals surface area contributed by atoms with E-state index in [9.17, 15) is 14.0 Å². The first kappa shape index (κ1) is 24.6. The van der Waals surface area contributed by atoms with Crippen LogP contribution in [0.25, 0.3) is 0 Å². The van der Waals surface area contributed by atoms with Crippen LogP contribution < -0.4 is 0 Å².